The molecule has 0 atom stereocenters. The van der Waals surface area contributed by atoms with Crippen LogP contribution in [0.5, 0.6) is 0 Å². The zero-order valence-electron chi connectivity index (χ0n) is 11.8. The van der Waals surface area contributed by atoms with Gasteiger partial charge in [-0.15, -0.1) is 11.3 Å². The van der Waals surface area contributed by atoms with E-state index in [0.717, 1.165) is 24.0 Å². The molecule has 0 bridgehead atoms. The Kier molecular flexibility index (Phi) is 5.91. The summed E-state index contributed by atoms with van der Waals surface area (Å²) in [5.41, 5.74) is 5.41. The quantitative estimate of drug-likeness (QED) is 0.856. The van der Waals surface area contributed by atoms with Crippen molar-refractivity contribution >= 4 is 11.3 Å². The maximum Gasteiger partial charge on any atom is 0.0772 e. The Balaban J connectivity index is 1.95. The fourth-order valence-electron chi connectivity index (χ4n) is 2.81. The molecule has 1 saturated carbocycles. The number of rotatable bonds is 4. The Hall–Kier alpha value is -0.820. The number of hydrogen-bond acceptors (Lipinski definition) is 3. The van der Waals surface area contributed by atoms with Crippen LogP contribution in [-0.4, -0.2) is 24.0 Å². The second-order valence-electron chi connectivity index (χ2n) is 5.13. The maximum atomic E-state index is 5.41. The maximum absolute atomic E-state index is 5.41. The van der Waals surface area contributed by atoms with E-state index in [1.807, 2.05) is 11.3 Å². The van der Waals surface area contributed by atoms with Gasteiger partial charge in [-0.1, -0.05) is 38.0 Å². The summed E-state index contributed by atoms with van der Waals surface area (Å²) < 4.78 is 0. The molecule has 1 aliphatic rings. The van der Waals surface area contributed by atoms with Crippen molar-refractivity contribution in [2.45, 2.75) is 51.6 Å². The van der Waals surface area contributed by atoms with Crippen molar-refractivity contribution in [3.05, 3.63) is 21.9 Å². The highest BCUT2D eigenvalue weighted by atomic mass is 32.1. The molecule has 19 heavy (non-hydrogen) atoms. The van der Waals surface area contributed by atoms with Gasteiger partial charge in [0, 0.05) is 17.5 Å². The Bertz CT molecular complexity index is 435. The predicted molar refractivity (Wildman–Crippen MR) is 83.2 cm³/mol. The van der Waals surface area contributed by atoms with Crippen LogP contribution in [0.2, 0.25) is 0 Å². The molecular weight excluding hydrogens is 252 g/mol. The molecule has 1 fully saturated rings. The lowest BCUT2D eigenvalue weighted by Gasteiger charge is -2.33. The lowest BCUT2D eigenvalue weighted by Crippen LogP contribution is -2.35. The Labute approximate surface area is 121 Å². The molecule has 0 radical (unpaired) electrons. The van der Waals surface area contributed by atoms with Crippen LogP contribution in [0, 0.1) is 11.8 Å². The van der Waals surface area contributed by atoms with Crippen LogP contribution in [0.4, 0.5) is 0 Å². The summed E-state index contributed by atoms with van der Waals surface area (Å²) >= 11 is 1.81. The monoisotopic (exact) mass is 276 g/mol. The molecule has 0 aliphatic heterocycles. The van der Waals surface area contributed by atoms with Gasteiger partial charge in [-0.05, 0) is 31.5 Å². The largest absolute Gasteiger partial charge is 0.320 e. The van der Waals surface area contributed by atoms with Crippen molar-refractivity contribution in [3.63, 3.8) is 0 Å². The van der Waals surface area contributed by atoms with Gasteiger partial charge >= 0.3 is 0 Å². The molecule has 0 spiro atoms. The summed E-state index contributed by atoms with van der Waals surface area (Å²) in [6.07, 6.45) is 6.97. The van der Waals surface area contributed by atoms with E-state index in [2.05, 4.69) is 35.8 Å². The van der Waals surface area contributed by atoms with Gasteiger partial charge in [0.05, 0.1) is 11.4 Å². The number of hydrogen-bond donors (Lipinski definition) is 1. The smallest absolute Gasteiger partial charge is 0.0772 e. The summed E-state index contributed by atoms with van der Waals surface area (Å²) in [6, 6.07) is 5.13. The molecule has 1 aliphatic carbocycles. The van der Waals surface area contributed by atoms with Gasteiger partial charge in [0.15, 0.2) is 0 Å². The van der Waals surface area contributed by atoms with E-state index in [4.69, 9.17) is 5.73 Å². The van der Waals surface area contributed by atoms with Gasteiger partial charge in [0.2, 0.25) is 0 Å². The van der Waals surface area contributed by atoms with E-state index in [1.165, 1.54) is 37.0 Å². The average molecular weight is 276 g/mol. The average Bonchev–Trinajstić information content (AvgIpc) is 2.91. The van der Waals surface area contributed by atoms with E-state index in [-0.39, 0.29) is 0 Å². The number of thiophene rings is 1. The Morgan fingerprint density at radius 2 is 2.11 bits per heavy atom. The normalized spacial score (nSPS) is 16.4. The van der Waals surface area contributed by atoms with Crippen LogP contribution in [-0.2, 0) is 6.54 Å². The molecule has 3 heteroatoms. The third-order valence-electron chi connectivity index (χ3n) is 3.83. The number of nitrogens with zero attached hydrogens (tertiary/aromatic N) is 1. The lowest BCUT2D eigenvalue weighted by molar-refractivity contribution is 0.157. The second-order valence-corrected chi connectivity index (χ2v) is 6.30. The molecular formula is C16H24N2S. The van der Waals surface area contributed by atoms with Crippen LogP contribution in [0.1, 0.15) is 48.8 Å². The van der Waals surface area contributed by atoms with Gasteiger partial charge in [0.1, 0.15) is 0 Å². The summed E-state index contributed by atoms with van der Waals surface area (Å²) in [7, 11) is 0. The van der Waals surface area contributed by atoms with Gasteiger partial charge in [0.25, 0.3) is 0 Å². The summed E-state index contributed by atoms with van der Waals surface area (Å²) in [5.74, 6) is 6.04. The van der Waals surface area contributed by atoms with Crippen molar-refractivity contribution in [1.29, 1.82) is 0 Å². The first kappa shape index (κ1) is 14.6. The molecule has 0 aromatic carbocycles. The molecule has 1 aromatic heterocycles. The molecule has 2 N–H and O–H groups in total. The van der Waals surface area contributed by atoms with E-state index in [1.54, 1.807) is 0 Å². The molecule has 104 valence electrons. The third kappa shape index (κ3) is 4.35. The highest BCUT2D eigenvalue weighted by molar-refractivity contribution is 7.12. The van der Waals surface area contributed by atoms with Crippen LogP contribution in [0.15, 0.2) is 12.1 Å². The van der Waals surface area contributed by atoms with Crippen molar-refractivity contribution in [3.8, 4) is 11.8 Å². The van der Waals surface area contributed by atoms with Gasteiger partial charge in [-0.2, -0.15) is 0 Å². The SMILES string of the molecule is CCN(Cc1ccc(C#CCN)s1)C1CCCCC1. The Morgan fingerprint density at radius 3 is 2.79 bits per heavy atom. The highest BCUT2D eigenvalue weighted by Crippen LogP contribution is 2.25. The van der Waals surface area contributed by atoms with Gasteiger partial charge in [-0.3, -0.25) is 4.90 Å². The zero-order chi connectivity index (χ0) is 13.5. The summed E-state index contributed by atoms with van der Waals surface area (Å²) in [5, 5.41) is 0. The molecule has 0 saturated heterocycles. The van der Waals surface area contributed by atoms with Crippen LogP contribution >= 0.6 is 11.3 Å². The van der Waals surface area contributed by atoms with Crippen molar-refractivity contribution < 1.29 is 0 Å². The number of nitrogens with two attached hydrogens (primary N) is 1. The van der Waals surface area contributed by atoms with E-state index in [0.29, 0.717) is 6.54 Å². The van der Waals surface area contributed by atoms with E-state index >= 15 is 0 Å². The first-order chi connectivity index (χ1) is 9.33. The fourth-order valence-corrected chi connectivity index (χ4v) is 3.72. The van der Waals surface area contributed by atoms with Gasteiger partial charge in [-0.25, -0.2) is 0 Å². The first-order valence-corrected chi connectivity index (χ1v) is 8.17. The van der Waals surface area contributed by atoms with E-state index in [9.17, 15) is 0 Å². The Morgan fingerprint density at radius 1 is 1.32 bits per heavy atom. The lowest BCUT2D eigenvalue weighted by atomic mass is 9.94. The van der Waals surface area contributed by atoms with Crippen LogP contribution in [0.25, 0.3) is 0 Å². The highest BCUT2D eigenvalue weighted by Gasteiger charge is 2.20. The molecule has 1 aromatic rings. The minimum atomic E-state index is 0.441. The minimum absolute atomic E-state index is 0.441. The first-order valence-electron chi connectivity index (χ1n) is 7.35. The van der Waals surface area contributed by atoms with Crippen LogP contribution in [0.3, 0.4) is 0 Å². The van der Waals surface area contributed by atoms with Crippen molar-refractivity contribution in [2.75, 3.05) is 13.1 Å². The fraction of sp³-hybridized carbons (Fsp3) is 0.625. The molecule has 0 amide bonds. The van der Waals surface area contributed by atoms with Crippen LogP contribution < -0.4 is 5.73 Å². The van der Waals surface area contributed by atoms with E-state index < -0.39 is 0 Å². The molecule has 1 heterocycles. The zero-order valence-corrected chi connectivity index (χ0v) is 12.6. The second kappa shape index (κ2) is 7.69. The minimum Gasteiger partial charge on any atom is -0.320 e. The molecule has 2 rings (SSSR count). The topological polar surface area (TPSA) is 29.3 Å². The predicted octanol–water partition coefficient (Wildman–Crippen LogP) is 3.21. The van der Waals surface area contributed by atoms with Crippen molar-refractivity contribution in [2.24, 2.45) is 5.73 Å². The standard InChI is InChI=1S/C16H24N2S/c1-2-18(14-7-4-3-5-8-14)13-16-11-10-15(19-16)9-6-12-17/h10-11,14H,2-5,7-8,12-13,17H2,1H3. The third-order valence-corrected chi connectivity index (χ3v) is 4.82. The summed E-state index contributed by atoms with van der Waals surface area (Å²) in [4.78, 5) is 5.19. The van der Waals surface area contributed by atoms with Crippen molar-refractivity contribution in [1.82, 2.24) is 4.90 Å². The molecule has 0 unspecified atom stereocenters. The van der Waals surface area contributed by atoms with Gasteiger partial charge < -0.3 is 5.73 Å². The summed E-state index contributed by atoms with van der Waals surface area (Å²) in [6.45, 7) is 4.94. The molecule has 2 nitrogen and oxygen atoms in total.